The molecule has 2 N–H and O–H groups in total. The van der Waals surface area contributed by atoms with Gasteiger partial charge in [-0.15, -0.1) is 0 Å². The summed E-state index contributed by atoms with van der Waals surface area (Å²) < 4.78 is 0. The normalized spacial score (nSPS) is 16.2. The standard InChI is InChI=1S/C18H30N4O/c1-13(2)10-11-19-17(23)16-12-14(3)20-18(22-16)21-15-8-6-4-5-7-9-15/h12-13,15H,4-11H2,1-3H3,(H,19,23)(H,20,21,22). The third-order valence-electron chi connectivity index (χ3n) is 4.28. The van der Waals surface area contributed by atoms with Crippen LogP contribution in [-0.4, -0.2) is 28.5 Å². The molecule has 128 valence electrons. The van der Waals surface area contributed by atoms with Gasteiger partial charge in [0.05, 0.1) is 0 Å². The number of aryl methyl sites for hydroxylation is 1. The molecule has 1 amide bonds. The molecule has 0 radical (unpaired) electrons. The molecule has 5 heteroatoms. The van der Waals surface area contributed by atoms with E-state index < -0.39 is 0 Å². The van der Waals surface area contributed by atoms with Crippen LogP contribution in [0, 0.1) is 12.8 Å². The molecule has 23 heavy (non-hydrogen) atoms. The van der Waals surface area contributed by atoms with Gasteiger partial charge in [-0.1, -0.05) is 39.5 Å². The van der Waals surface area contributed by atoms with E-state index in [2.05, 4.69) is 34.4 Å². The Kier molecular flexibility index (Phi) is 6.81. The Balaban J connectivity index is 1.98. The zero-order valence-electron chi connectivity index (χ0n) is 14.7. The van der Waals surface area contributed by atoms with Gasteiger partial charge in [-0.05, 0) is 38.2 Å². The smallest absolute Gasteiger partial charge is 0.270 e. The first-order valence-corrected chi connectivity index (χ1v) is 8.95. The molecular weight excluding hydrogens is 288 g/mol. The first kappa shape index (κ1) is 17.7. The van der Waals surface area contributed by atoms with Gasteiger partial charge in [0, 0.05) is 18.3 Å². The molecule has 1 heterocycles. The lowest BCUT2D eigenvalue weighted by molar-refractivity contribution is 0.0947. The minimum Gasteiger partial charge on any atom is -0.351 e. The van der Waals surface area contributed by atoms with Gasteiger partial charge >= 0.3 is 0 Å². The Bertz CT molecular complexity index is 508. The monoisotopic (exact) mass is 318 g/mol. The molecule has 0 aliphatic heterocycles. The summed E-state index contributed by atoms with van der Waals surface area (Å²) in [5.41, 5.74) is 1.28. The maximum absolute atomic E-state index is 12.2. The molecule has 1 aliphatic rings. The summed E-state index contributed by atoms with van der Waals surface area (Å²) in [6.07, 6.45) is 8.44. The Morgan fingerprint density at radius 1 is 1.22 bits per heavy atom. The quantitative estimate of drug-likeness (QED) is 0.785. The van der Waals surface area contributed by atoms with Crippen molar-refractivity contribution >= 4 is 11.9 Å². The van der Waals surface area contributed by atoms with Crippen molar-refractivity contribution in [1.29, 1.82) is 0 Å². The molecule has 0 saturated heterocycles. The maximum atomic E-state index is 12.2. The van der Waals surface area contributed by atoms with E-state index in [4.69, 9.17) is 0 Å². The van der Waals surface area contributed by atoms with Crippen LogP contribution in [-0.2, 0) is 0 Å². The number of hydrogen-bond donors (Lipinski definition) is 2. The van der Waals surface area contributed by atoms with Gasteiger partial charge in [-0.3, -0.25) is 4.79 Å². The van der Waals surface area contributed by atoms with Crippen LogP contribution in [0.25, 0.3) is 0 Å². The molecular formula is C18H30N4O. The topological polar surface area (TPSA) is 66.9 Å². The molecule has 1 saturated carbocycles. The fraction of sp³-hybridized carbons (Fsp3) is 0.722. The summed E-state index contributed by atoms with van der Waals surface area (Å²) in [6.45, 7) is 6.89. The predicted octanol–water partition coefficient (Wildman–Crippen LogP) is 3.70. The fourth-order valence-electron chi connectivity index (χ4n) is 2.92. The van der Waals surface area contributed by atoms with Gasteiger partial charge in [0.2, 0.25) is 5.95 Å². The SMILES string of the molecule is Cc1cc(C(=O)NCCC(C)C)nc(NC2CCCCCC2)n1. The summed E-state index contributed by atoms with van der Waals surface area (Å²) in [7, 11) is 0. The van der Waals surface area contributed by atoms with Crippen LogP contribution in [0.1, 0.15) is 75.0 Å². The number of carbonyl (C=O) groups excluding carboxylic acids is 1. The Morgan fingerprint density at radius 3 is 2.57 bits per heavy atom. The average Bonchev–Trinajstić information content (AvgIpc) is 2.74. The summed E-state index contributed by atoms with van der Waals surface area (Å²) in [5, 5.41) is 6.37. The van der Waals surface area contributed by atoms with E-state index in [1.54, 1.807) is 6.07 Å². The number of carbonyl (C=O) groups is 1. The summed E-state index contributed by atoms with van der Waals surface area (Å²) >= 11 is 0. The Labute approximate surface area is 139 Å². The van der Waals surface area contributed by atoms with Crippen molar-refractivity contribution in [2.24, 2.45) is 5.92 Å². The largest absolute Gasteiger partial charge is 0.351 e. The van der Waals surface area contributed by atoms with Crippen LogP contribution in [0.15, 0.2) is 6.07 Å². The summed E-state index contributed by atoms with van der Waals surface area (Å²) in [6, 6.07) is 2.18. The molecule has 5 nitrogen and oxygen atoms in total. The zero-order chi connectivity index (χ0) is 16.7. The lowest BCUT2D eigenvalue weighted by Crippen LogP contribution is -2.27. The highest BCUT2D eigenvalue weighted by Crippen LogP contribution is 2.20. The van der Waals surface area contributed by atoms with Crippen LogP contribution < -0.4 is 10.6 Å². The Hall–Kier alpha value is -1.65. The van der Waals surface area contributed by atoms with Crippen molar-refractivity contribution in [1.82, 2.24) is 15.3 Å². The third-order valence-corrected chi connectivity index (χ3v) is 4.28. The van der Waals surface area contributed by atoms with Gasteiger partial charge in [0.25, 0.3) is 5.91 Å². The molecule has 0 spiro atoms. The predicted molar refractivity (Wildman–Crippen MR) is 93.7 cm³/mol. The van der Waals surface area contributed by atoms with Crippen LogP contribution in [0.5, 0.6) is 0 Å². The molecule has 1 aromatic heterocycles. The number of rotatable bonds is 6. The van der Waals surface area contributed by atoms with Crippen LogP contribution in [0.3, 0.4) is 0 Å². The van der Waals surface area contributed by atoms with Gasteiger partial charge < -0.3 is 10.6 Å². The lowest BCUT2D eigenvalue weighted by atomic mass is 10.1. The molecule has 0 atom stereocenters. The highest BCUT2D eigenvalue weighted by atomic mass is 16.1. The zero-order valence-corrected chi connectivity index (χ0v) is 14.7. The molecule has 2 rings (SSSR count). The average molecular weight is 318 g/mol. The first-order chi connectivity index (χ1) is 11.0. The van der Waals surface area contributed by atoms with Crippen LogP contribution >= 0.6 is 0 Å². The van der Waals surface area contributed by atoms with Gasteiger partial charge in [-0.2, -0.15) is 0 Å². The molecule has 1 aromatic rings. The van der Waals surface area contributed by atoms with Gasteiger partial charge in [0.1, 0.15) is 5.69 Å². The molecule has 0 unspecified atom stereocenters. The van der Waals surface area contributed by atoms with Crippen molar-refractivity contribution < 1.29 is 4.79 Å². The second-order valence-corrected chi connectivity index (χ2v) is 6.99. The molecule has 1 aliphatic carbocycles. The number of nitrogens with zero attached hydrogens (tertiary/aromatic N) is 2. The van der Waals surface area contributed by atoms with Gasteiger partial charge in [-0.25, -0.2) is 9.97 Å². The Morgan fingerprint density at radius 2 is 1.91 bits per heavy atom. The van der Waals surface area contributed by atoms with Crippen molar-refractivity contribution in [2.45, 2.75) is 71.8 Å². The van der Waals surface area contributed by atoms with E-state index in [1.165, 1.54) is 25.7 Å². The minimum absolute atomic E-state index is 0.111. The van der Waals surface area contributed by atoms with E-state index in [1.807, 2.05) is 6.92 Å². The highest BCUT2D eigenvalue weighted by molar-refractivity contribution is 5.92. The van der Waals surface area contributed by atoms with E-state index in [9.17, 15) is 4.79 Å². The summed E-state index contributed by atoms with van der Waals surface area (Å²) in [5.74, 6) is 1.06. The lowest BCUT2D eigenvalue weighted by Gasteiger charge is -2.17. The van der Waals surface area contributed by atoms with Crippen LogP contribution in [0.2, 0.25) is 0 Å². The van der Waals surface area contributed by atoms with Crippen molar-refractivity contribution in [3.63, 3.8) is 0 Å². The number of nitrogens with one attached hydrogen (secondary N) is 2. The van der Waals surface area contributed by atoms with Crippen molar-refractivity contribution in [3.8, 4) is 0 Å². The van der Waals surface area contributed by atoms with Crippen LogP contribution in [0.4, 0.5) is 5.95 Å². The van der Waals surface area contributed by atoms with Crippen molar-refractivity contribution in [3.05, 3.63) is 17.5 Å². The maximum Gasteiger partial charge on any atom is 0.270 e. The van der Waals surface area contributed by atoms with Gasteiger partial charge in [0.15, 0.2) is 0 Å². The van der Waals surface area contributed by atoms with E-state index in [0.717, 1.165) is 25.0 Å². The number of anilines is 1. The highest BCUT2D eigenvalue weighted by Gasteiger charge is 2.15. The minimum atomic E-state index is -0.111. The van der Waals surface area contributed by atoms with Crippen molar-refractivity contribution in [2.75, 3.05) is 11.9 Å². The number of hydrogen-bond acceptors (Lipinski definition) is 4. The molecule has 1 fully saturated rings. The molecule has 0 bridgehead atoms. The number of aromatic nitrogens is 2. The molecule has 0 aromatic carbocycles. The third kappa shape index (κ3) is 6.16. The number of amides is 1. The summed E-state index contributed by atoms with van der Waals surface area (Å²) in [4.78, 5) is 21.1. The fourth-order valence-corrected chi connectivity index (χ4v) is 2.92. The van der Waals surface area contributed by atoms with E-state index in [-0.39, 0.29) is 5.91 Å². The second kappa shape index (κ2) is 8.85. The second-order valence-electron chi connectivity index (χ2n) is 6.99. The van der Waals surface area contributed by atoms with E-state index >= 15 is 0 Å². The van der Waals surface area contributed by atoms with E-state index in [0.29, 0.717) is 30.1 Å². The first-order valence-electron chi connectivity index (χ1n) is 8.95.